The summed E-state index contributed by atoms with van der Waals surface area (Å²) in [5, 5.41) is 3.97. The predicted octanol–water partition coefficient (Wildman–Crippen LogP) is 1.96. The zero-order chi connectivity index (χ0) is 14.9. The molecule has 1 amide bonds. The van der Waals surface area contributed by atoms with Gasteiger partial charge in [-0.25, -0.2) is 0 Å². The first-order valence-corrected chi connectivity index (χ1v) is 7.25. The number of likely N-dealkylation sites (tertiary alicyclic amines) is 1. The Labute approximate surface area is 120 Å². The number of hydrogen-bond donors (Lipinski definition) is 0. The summed E-state index contributed by atoms with van der Waals surface area (Å²) in [4.78, 5) is 16.8. The molecule has 1 unspecified atom stereocenters. The molecule has 5 nitrogen and oxygen atoms in total. The molecular weight excluding hydrogens is 254 g/mol. The van der Waals surface area contributed by atoms with Crippen molar-refractivity contribution in [2.45, 2.75) is 33.6 Å². The molecule has 0 radical (unpaired) electrons. The third-order valence-electron chi connectivity index (χ3n) is 4.20. The van der Waals surface area contributed by atoms with Crippen LogP contribution in [-0.2, 0) is 6.42 Å². The molecule has 1 atom stereocenters. The maximum Gasteiger partial charge on any atom is 0.259 e. The minimum absolute atomic E-state index is 0.0244. The van der Waals surface area contributed by atoms with Crippen LogP contribution in [0.25, 0.3) is 0 Å². The molecule has 1 aliphatic rings. The number of hydrogen-bond acceptors (Lipinski definition) is 4. The van der Waals surface area contributed by atoms with Gasteiger partial charge >= 0.3 is 0 Å². The van der Waals surface area contributed by atoms with Crippen molar-refractivity contribution < 1.29 is 9.32 Å². The van der Waals surface area contributed by atoms with E-state index >= 15 is 0 Å². The van der Waals surface area contributed by atoms with E-state index < -0.39 is 0 Å². The van der Waals surface area contributed by atoms with Crippen LogP contribution in [0.2, 0.25) is 0 Å². The zero-order valence-electron chi connectivity index (χ0n) is 13.2. The van der Waals surface area contributed by atoms with Gasteiger partial charge in [0, 0.05) is 20.1 Å². The topological polar surface area (TPSA) is 49.6 Å². The summed E-state index contributed by atoms with van der Waals surface area (Å²) in [5.41, 5.74) is 1.58. The highest BCUT2D eigenvalue weighted by Crippen LogP contribution is 2.30. The minimum atomic E-state index is 0.0244. The second-order valence-corrected chi connectivity index (χ2v) is 6.37. The quantitative estimate of drug-likeness (QED) is 0.845. The summed E-state index contributed by atoms with van der Waals surface area (Å²) < 4.78 is 5.16. The fraction of sp³-hybridized carbons (Fsp3) is 0.733. The van der Waals surface area contributed by atoms with Gasteiger partial charge in [0.05, 0.1) is 5.69 Å². The van der Waals surface area contributed by atoms with Crippen molar-refractivity contribution in [2.24, 2.45) is 5.41 Å². The van der Waals surface area contributed by atoms with Crippen LogP contribution in [0.3, 0.4) is 0 Å². The van der Waals surface area contributed by atoms with E-state index in [0.29, 0.717) is 17.7 Å². The summed E-state index contributed by atoms with van der Waals surface area (Å²) in [5.74, 6) is 0.642. The fourth-order valence-electron chi connectivity index (χ4n) is 3.17. The van der Waals surface area contributed by atoms with Gasteiger partial charge < -0.3 is 14.3 Å². The molecule has 0 bridgehead atoms. The highest BCUT2D eigenvalue weighted by molar-refractivity contribution is 5.96. The third-order valence-corrected chi connectivity index (χ3v) is 4.20. The highest BCUT2D eigenvalue weighted by atomic mass is 16.5. The van der Waals surface area contributed by atoms with E-state index in [1.165, 1.54) is 0 Å². The summed E-state index contributed by atoms with van der Waals surface area (Å²) in [6.45, 7) is 8.95. The largest absolute Gasteiger partial charge is 0.361 e. The number of carbonyl (C=O) groups excluding carboxylic acids is 1. The first-order chi connectivity index (χ1) is 9.36. The molecule has 1 aromatic rings. The smallest absolute Gasteiger partial charge is 0.259 e. The van der Waals surface area contributed by atoms with Crippen molar-refractivity contribution in [3.05, 3.63) is 17.0 Å². The Morgan fingerprint density at radius 1 is 1.55 bits per heavy atom. The maximum absolute atomic E-state index is 12.6. The average Bonchev–Trinajstić information content (AvgIpc) is 2.91. The molecular formula is C15H25N3O2. The van der Waals surface area contributed by atoms with E-state index in [4.69, 9.17) is 4.52 Å². The van der Waals surface area contributed by atoms with Crippen LogP contribution in [0, 0.1) is 12.3 Å². The highest BCUT2D eigenvalue weighted by Gasteiger charge is 2.35. The molecule has 1 fully saturated rings. The Kier molecular flexibility index (Phi) is 4.18. The summed E-state index contributed by atoms with van der Waals surface area (Å²) in [6.07, 6.45) is 1.84. The fourth-order valence-corrected chi connectivity index (χ4v) is 3.17. The first kappa shape index (κ1) is 15.0. The van der Waals surface area contributed by atoms with E-state index in [2.05, 4.69) is 24.0 Å². The molecule has 1 saturated heterocycles. The Balaban J connectivity index is 2.11. The molecule has 0 spiro atoms. The number of aryl methyl sites for hydroxylation is 2. The van der Waals surface area contributed by atoms with Crippen LogP contribution >= 0.6 is 0 Å². The number of amides is 1. The molecule has 0 saturated carbocycles. The molecule has 20 heavy (non-hydrogen) atoms. The monoisotopic (exact) mass is 279 g/mol. The predicted molar refractivity (Wildman–Crippen MR) is 77.8 cm³/mol. The van der Waals surface area contributed by atoms with Crippen LogP contribution in [-0.4, -0.2) is 54.6 Å². The van der Waals surface area contributed by atoms with Crippen molar-refractivity contribution in [2.75, 3.05) is 33.7 Å². The second-order valence-electron chi connectivity index (χ2n) is 6.37. The minimum Gasteiger partial charge on any atom is -0.361 e. The Morgan fingerprint density at radius 3 is 2.80 bits per heavy atom. The van der Waals surface area contributed by atoms with Crippen LogP contribution in [0.15, 0.2) is 4.52 Å². The van der Waals surface area contributed by atoms with Crippen molar-refractivity contribution in [1.29, 1.82) is 0 Å². The third kappa shape index (κ3) is 2.87. The summed E-state index contributed by atoms with van der Waals surface area (Å²) in [6, 6.07) is 0. The van der Waals surface area contributed by atoms with Crippen molar-refractivity contribution in [3.8, 4) is 0 Å². The lowest BCUT2D eigenvalue weighted by atomic mass is 9.89. The van der Waals surface area contributed by atoms with E-state index in [1.54, 1.807) is 6.92 Å². The standard InChI is InChI=1S/C15H25N3O2/c1-6-12-13(11(2)20-16-12)14(19)18(5)10-15(3)7-8-17(4)9-15/h6-10H2,1-5H3. The molecule has 112 valence electrons. The average molecular weight is 279 g/mol. The van der Waals surface area contributed by atoms with E-state index in [-0.39, 0.29) is 11.3 Å². The normalized spacial score (nSPS) is 23.2. The summed E-state index contributed by atoms with van der Waals surface area (Å²) >= 11 is 0. The van der Waals surface area contributed by atoms with Gasteiger partial charge in [-0.3, -0.25) is 4.79 Å². The molecule has 0 aromatic carbocycles. The van der Waals surface area contributed by atoms with Gasteiger partial charge in [0.2, 0.25) is 0 Å². The van der Waals surface area contributed by atoms with Crippen LogP contribution in [0.1, 0.15) is 42.1 Å². The zero-order valence-corrected chi connectivity index (χ0v) is 13.2. The van der Waals surface area contributed by atoms with Crippen LogP contribution in [0.4, 0.5) is 0 Å². The Hall–Kier alpha value is -1.36. The van der Waals surface area contributed by atoms with Crippen molar-refractivity contribution in [1.82, 2.24) is 15.0 Å². The number of carbonyl (C=O) groups is 1. The van der Waals surface area contributed by atoms with E-state index in [1.807, 2.05) is 18.9 Å². The second kappa shape index (κ2) is 5.56. The lowest BCUT2D eigenvalue weighted by Crippen LogP contribution is -2.39. The Bertz CT molecular complexity index is 497. The number of aromatic nitrogens is 1. The maximum atomic E-state index is 12.6. The SMILES string of the molecule is CCc1noc(C)c1C(=O)N(C)CC1(C)CCN(C)C1. The van der Waals surface area contributed by atoms with Gasteiger partial charge in [-0.05, 0) is 38.8 Å². The lowest BCUT2D eigenvalue weighted by molar-refractivity contribution is 0.0727. The van der Waals surface area contributed by atoms with E-state index in [9.17, 15) is 4.79 Å². The lowest BCUT2D eigenvalue weighted by Gasteiger charge is -2.30. The van der Waals surface area contributed by atoms with Crippen LogP contribution in [0.5, 0.6) is 0 Å². The van der Waals surface area contributed by atoms with Gasteiger partial charge in [0.25, 0.3) is 5.91 Å². The van der Waals surface area contributed by atoms with Gasteiger partial charge in [0.1, 0.15) is 11.3 Å². The van der Waals surface area contributed by atoms with Gasteiger partial charge in [-0.1, -0.05) is 19.0 Å². The molecule has 2 heterocycles. The van der Waals surface area contributed by atoms with Crippen LogP contribution < -0.4 is 0 Å². The molecule has 5 heteroatoms. The number of rotatable bonds is 4. The van der Waals surface area contributed by atoms with Gasteiger partial charge in [-0.15, -0.1) is 0 Å². The Morgan fingerprint density at radius 2 is 2.25 bits per heavy atom. The molecule has 2 rings (SSSR count). The van der Waals surface area contributed by atoms with Gasteiger partial charge in [-0.2, -0.15) is 0 Å². The van der Waals surface area contributed by atoms with E-state index in [0.717, 1.165) is 31.7 Å². The summed E-state index contributed by atoms with van der Waals surface area (Å²) in [7, 11) is 4.00. The first-order valence-electron chi connectivity index (χ1n) is 7.25. The van der Waals surface area contributed by atoms with Crippen molar-refractivity contribution >= 4 is 5.91 Å². The molecule has 0 N–H and O–H groups in total. The molecule has 0 aliphatic carbocycles. The van der Waals surface area contributed by atoms with Crippen molar-refractivity contribution in [3.63, 3.8) is 0 Å². The molecule has 1 aromatic heterocycles. The molecule has 1 aliphatic heterocycles. The van der Waals surface area contributed by atoms with Gasteiger partial charge in [0.15, 0.2) is 0 Å². The number of nitrogens with zero attached hydrogens (tertiary/aromatic N) is 3.